The Bertz CT molecular complexity index is 979. The van der Waals surface area contributed by atoms with Crippen LogP contribution in [0.4, 0.5) is 4.39 Å². The largest absolute Gasteiger partial charge is 0.352 e. The van der Waals surface area contributed by atoms with Crippen LogP contribution in [-0.2, 0) is 16.0 Å². The molecular weight excluding hydrogens is 391 g/mol. The van der Waals surface area contributed by atoms with Crippen molar-refractivity contribution in [2.75, 3.05) is 19.6 Å². The number of carbonyl (C=O) groups is 2. The number of nitrogens with one attached hydrogen (secondary N) is 1. The molecule has 1 heterocycles. The Hall–Kier alpha value is -2.95. The fraction of sp³-hybridized carbons (Fsp3) is 0.385. The first kappa shape index (κ1) is 22.7. The lowest BCUT2D eigenvalue weighted by molar-refractivity contribution is -0.139. The van der Waals surface area contributed by atoms with Crippen molar-refractivity contribution in [1.29, 1.82) is 0 Å². The second-order valence-electron chi connectivity index (χ2n) is 9.32. The second-order valence-corrected chi connectivity index (χ2v) is 9.32. The lowest BCUT2D eigenvalue weighted by Crippen LogP contribution is -2.46. The molecule has 1 fully saturated rings. The highest BCUT2D eigenvalue weighted by Gasteiger charge is 2.47. The third kappa shape index (κ3) is 4.87. The van der Waals surface area contributed by atoms with Crippen molar-refractivity contribution in [1.82, 2.24) is 10.2 Å². The SMILES string of the molecule is C=CCNC(=O)[C@@]1(Cc2ccccc2-c2ccccc2F)CCN(C(=O)C(C)(C)C)C1. The third-order valence-corrected chi connectivity index (χ3v) is 5.88. The Kier molecular flexibility index (Phi) is 6.63. The van der Waals surface area contributed by atoms with E-state index in [0.717, 1.165) is 11.1 Å². The van der Waals surface area contributed by atoms with E-state index in [1.165, 1.54) is 6.07 Å². The molecule has 1 saturated heterocycles. The molecule has 0 spiro atoms. The van der Waals surface area contributed by atoms with E-state index in [2.05, 4.69) is 11.9 Å². The van der Waals surface area contributed by atoms with Gasteiger partial charge in [-0.2, -0.15) is 0 Å². The van der Waals surface area contributed by atoms with Gasteiger partial charge >= 0.3 is 0 Å². The molecule has 4 nitrogen and oxygen atoms in total. The van der Waals surface area contributed by atoms with Gasteiger partial charge in [0.15, 0.2) is 0 Å². The maximum absolute atomic E-state index is 14.5. The van der Waals surface area contributed by atoms with Crippen molar-refractivity contribution in [3.05, 3.63) is 72.6 Å². The average molecular weight is 423 g/mol. The van der Waals surface area contributed by atoms with Gasteiger partial charge in [-0.05, 0) is 30.0 Å². The van der Waals surface area contributed by atoms with Gasteiger partial charge in [-0.15, -0.1) is 6.58 Å². The highest BCUT2D eigenvalue weighted by atomic mass is 19.1. The summed E-state index contributed by atoms with van der Waals surface area (Å²) < 4.78 is 14.5. The quantitative estimate of drug-likeness (QED) is 0.692. The van der Waals surface area contributed by atoms with E-state index in [4.69, 9.17) is 0 Å². The van der Waals surface area contributed by atoms with Crippen LogP contribution in [-0.4, -0.2) is 36.3 Å². The van der Waals surface area contributed by atoms with Crippen LogP contribution in [0.25, 0.3) is 11.1 Å². The number of likely N-dealkylation sites (tertiary alicyclic amines) is 1. The Morgan fingerprint density at radius 1 is 1.13 bits per heavy atom. The number of hydrogen-bond donors (Lipinski definition) is 1. The van der Waals surface area contributed by atoms with Crippen molar-refractivity contribution in [3.63, 3.8) is 0 Å². The molecule has 1 atom stereocenters. The smallest absolute Gasteiger partial charge is 0.228 e. The molecule has 0 aromatic heterocycles. The van der Waals surface area contributed by atoms with Crippen molar-refractivity contribution in [2.45, 2.75) is 33.6 Å². The summed E-state index contributed by atoms with van der Waals surface area (Å²) in [6.45, 7) is 10.6. The fourth-order valence-electron chi connectivity index (χ4n) is 4.26. The number of rotatable bonds is 6. The minimum atomic E-state index is -0.773. The summed E-state index contributed by atoms with van der Waals surface area (Å²) in [4.78, 5) is 28.0. The molecule has 0 saturated carbocycles. The number of benzene rings is 2. The molecule has 0 bridgehead atoms. The molecule has 3 rings (SSSR count). The van der Waals surface area contributed by atoms with Crippen LogP contribution in [0.3, 0.4) is 0 Å². The minimum Gasteiger partial charge on any atom is -0.352 e. The third-order valence-electron chi connectivity index (χ3n) is 5.88. The van der Waals surface area contributed by atoms with Crippen LogP contribution in [0, 0.1) is 16.6 Å². The second kappa shape index (κ2) is 9.04. The van der Waals surface area contributed by atoms with Gasteiger partial charge < -0.3 is 10.2 Å². The number of nitrogens with zero attached hydrogens (tertiary/aromatic N) is 1. The van der Waals surface area contributed by atoms with Crippen LogP contribution in [0.2, 0.25) is 0 Å². The Balaban J connectivity index is 1.98. The molecule has 31 heavy (non-hydrogen) atoms. The summed E-state index contributed by atoms with van der Waals surface area (Å²) >= 11 is 0. The Labute approximate surface area is 184 Å². The Morgan fingerprint density at radius 2 is 1.77 bits per heavy atom. The first-order valence-electron chi connectivity index (χ1n) is 10.7. The maximum atomic E-state index is 14.5. The summed E-state index contributed by atoms with van der Waals surface area (Å²) in [5, 5.41) is 2.94. The normalized spacial score (nSPS) is 18.6. The fourth-order valence-corrected chi connectivity index (χ4v) is 4.26. The van der Waals surface area contributed by atoms with Gasteiger partial charge in [0.05, 0.1) is 5.41 Å². The molecule has 5 heteroatoms. The van der Waals surface area contributed by atoms with E-state index in [0.29, 0.717) is 38.0 Å². The summed E-state index contributed by atoms with van der Waals surface area (Å²) in [5.74, 6) is -0.357. The summed E-state index contributed by atoms with van der Waals surface area (Å²) in [6, 6.07) is 14.3. The molecule has 0 unspecified atom stereocenters. The first-order chi connectivity index (χ1) is 14.7. The first-order valence-corrected chi connectivity index (χ1v) is 10.7. The lowest BCUT2D eigenvalue weighted by atomic mass is 9.78. The molecule has 1 aliphatic heterocycles. The molecule has 2 amide bonds. The summed E-state index contributed by atoms with van der Waals surface area (Å²) in [7, 11) is 0. The molecule has 0 radical (unpaired) electrons. The van der Waals surface area contributed by atoms with Gasteiger partial charge in [-0.3, -0.25) is 9.59 Å². The lowest BCUT2D eigenvalue weighted by Gasteiger charge is -2.31. The molecule has 164 valence electrons. The van der Waals surface area contributed by atoms with Crippen LogP contribution >= 0.6 is 0 Å². The summed E-state index contributed by atoms with van der Waals surface area (Å²) in [5.41, 5.74) is 0.896. The van der Waals surface area contributed by atoms with E-state index in [1.54, 1.807) is 29.2 Å². The highest BCUT2D eigenvalue weighted by Crippen LogP contribution is 2.39. The van der Waals surface area contributed by atoms with Crippen LogP contribution in [0.1, 0.15) is 32.8 Å². The molecule has 1 N–H and O–H groups in total. The number of halogens is 1. The molecular formula is C26H31FN2O2. The van der Waals surface area contributed by atoms with Crippen molar-refractivity contribution < 1.29 is 14.0 Å². The van der Waals surface area contributed by atoms with Crippen molar-refractivity contribution in [2.24, 2.45) is 10.8 Å². The molecule has 2 aromatic carbocycles. The number of carbonyl (C=O) groups excluding carboxylic acids is 2. The van der Waals surface area contributed by atoms with Gasteiger partial charge in [0.1, 0.15) is 5.82 Å². The zero-order chi connectivity index (χ0) is 22.6. The highest BCUT2D eigenvalue weighted by molar-refractivity contribution is 5.87. The number of hydrogen-bond acceptors (Lipinski definition) is 2. The van der Waals surface area contributed by atoms with Crippen molar-refractivity contribution >= 4 is 11.8 Å². The standard InChI is InChI=1S/C26H31FN2O2/c1-5-15-28-23(30)26(14-16-29(18-26)24(31)25(2,3)4)17-19-10-6-7-11-20(19)21-12-8-9-13-22(21)27/h5-13H,1,14-18H2,2-4H3,(H,28,30)/t26-/m1/s1. The minimum absolute atomic E-state index is 0.0354. The van der Waals surface area contributed by atoms with Crippen LogP contribution in [0.5, 0.6) is 0 Å². The average Bonchev–Trinajstić information content (AvgIpc) is 3.17. The van der Waals surface area contributed by atoms with Gasteiger partial charge in [-0.1, -0.05) is 69.3 Å². The zero-order valence-electron chi connectivity index (χ0n) is 18.6. The van der Waals surface area contributed by atoms with E-state index < -0.39 is 10.8 Å². The van der Waals surface area contributed by atoms with Crippen LogP contribution < -0.4 is 5.32 Å². The van der Waals surface area contributed by atoms with Crippen molar-refractivity contribution in [3.8, 4) is 11.1 Å². The van der Waals surface area contributed by atoms with Gasteiger partial charge in [-0.25, -0.2) is 4.39 Å². The molecule has 2 aromatic rings. The van der Waals surface area contributed by atoms with E-state index in [-0.39, 0.29) is 17.6 Å². The van der Waals surface area contributed by atoms with E-state index in [1.807, 2.05) is 45.0 Å². The molecule has 0 aliphatic carbocycles. The predicted molar refractivity (Wildman–Crippen MR) is 122 cm³/mol. The monoisotopic (exact) mass is 422 g/mol. The number of amides is 2. The van der Waals surface area contributed by atoms with Gasteiger partial charge in [0.25, 0.3) is 0 Å². The molecule has 1 aliphatic rings. The zero-order valence-corrected chi connectivity index (χ0v) is 18.6. The maximum Gasteiger partial charge on any atom is 0.228 e. The topological polar surface area (TPSA) is 49.4 Å². The van der Waals surface area contributed by atoms with Gasteiger partial charge in [0.2, 0.25) is 11.8 Å². The summed E-state index contributed by atoms with van der Waals surface area (Å²) in [6.07, 6.45) is 2.63. The Morgan fingerprint density at radius 3 is 2.42 bits per heavy atom. The predicted octanol–water partition coefficient (Wildman–Crippen LogP) is 4.60. The van der Waals surface area contributed by atoms with E-state index in [9.17, 15) is 14.0 Å². The van der Waals surface area contributed by atoms with Crippen LogP contribution in [0.15, 0.2) is 61.2 Å². The van der Waals surface area contributed by atoms with Gasteiger partial charge in [0, 0.05) is 30.6 Å². The van der Waals surface area contributed by atoms with E-state index >= 15 is 0 Å².